The average molecular weight is 404 g/mol. The van der Waals surface area contributed by atoms with Crippen LogP contribution in [-0.2, 0) is 16.1 Å². The number of amides is 1. The molecule has 0 aliphatic carbocycles. The molecular formula is C22H33N3O4. The summed E-state index contributed by atoms with van der Waals surface area (Å²) in [4.78, 5) is 19.1. The summed E-state index contributed by atoms with van der Waals surface area (Å²) in [6.45, 7) is 4.85. The number of para-hydroxylation sites is 1. The molecule has 1 aromatic carbocycles. The third-order valence-corrected chi connectivity index (χ3v) is 6.37. The minimum Gasteiger partial charge on any atom is -0.493 e. The second-order valence-corrected chi connectivity index (χ2v) is 8.49. The lowest BCUT2D eigenvalue weighted by atomic mass is 10.0. The molecule has 29 heavy (non-hydrogen) atoms. The number of benzene rings is 1. The Bertz CT molecular complexity index is 741. The highest BCUT2D eigenvalue weighted by atomic mass is 16.5. The van der Waals surface area contributed by atoms with E-state index in [1.54, 1.807) is 7.11 Å². The second kappa shape index (κ2) is 8.50. The van der Waals surface area contributed by atoms with E-state index in [0.717, 1.165) is 69.1 Å². The number of carbonyl (C=O) groups is 1. The SMILES string of the molecule is COc1cccc(CN2CC[C@@]34OCCCN3C(=O)C[C@@H]24)c1OCCCN(C)C. The molecule has 3 aliphatic heterocycles. The molecule has 7 heteroatoms. The molecule has 0 aromatic heterocycles. The number of ether oxygens (including phenoxy) is 3. The molecule has 1 spiro atoms. The van der Waals surface area contributed by atoms with E-state index >= 15 is 0 Å². The maximum atomic E-state index is 12.6. The summed E-state index contributed by atoms with van der Waals surface area (Å²) in [5.74, 6) is 1.81. The first-order valence-electron chi connectivity index (χ1n) is 10.7. The van der Waals surface area contributed by atoms with Gasteiger partial charge in [-0.3, -0.25) is 9.69 Å². The van der Waals surface area contributed by atoms with Crippen LogP contribution in [0.1, 0.15) is 31.2 Å². The minimum absolute atomic E-state index is 0.114. The Labute approximate surface area is 173 Å². The zero-order chi connectivity index (χ0) is 20.4. The fraction of sp³-hybridized carbons (Fsp3) is 0.682. The van der Waals surface area contributed by atoms with Crippen molar-refractivity contribution in [1.82, 2.24) is 14.7 Å². The largest absolute Gasteiger partial charge is 0.493 e. The van der Waals surface area contributed by atoms with E-state index in [0.29, 0.717) is 13.0 Å². The molecule has 1 amide bonds. The van der Waals surface area contributed by atoms with Crippen LogP contribution in [0.25, 0.3) is 0 Å². The maximum Gasteiger partial charge on any atom is 0.226 e. The third kappa shape index (κ3) is 3.83. The second-order valence-electron chi connectivity index (χ2n) is 8.49. The van der Waals surface area contributed by atoms with Gasteiger partial charge in [0.25, 0.3) is 0 Å². The molecule has 160 valence electrons. The van der Waals surface area contributed by atoms with Gasteiger partial charge in [-0.1, -0.05) is 12.1 Å². The lowest BCUT2D eigenvalue weighted by molar-refractivity contribution is -0.180. The van der Waals surface area contributed by atoms with Crippen LogP contribution >= 0.6 is 0 Å². The normalized spacial score (nSPS) is 26.7. The number of nitrogens with zero attached hydrogens (tertiary/aromatic N) is 3. The fourth-order valence-corrected chi connectivity index (χ4v) is 5.01. The van der Waals surface area contributed by atoms with E-state index < -0.39 is 5.72 Å². The zero-order valence-corrected chi connectivity index (χ0v) is 17.9. The highest BCUT2D eigenvalue weighted by molar-refractivity contribution is 5.81. The zero-order valence-electron chi connectivity index (χ0n) is 17.9. The monoisotopic (exact) mass is 403 g/mol. The average Bonchev–Trinajstić information content (AvgIpc) is 3.18. The van der Waals surface area contributed by atoms with E-state index in [9.17, 15) is 4.79 Å². The van der Waals surface area contributed by atoms with Crippen molar-refractivity contribution in [2.75, 3.05) is 54.1 Å². The molecule has 3 aliphatic rings. The van der Waals surface area contributed by atoms with Crippen molar-refractivity contribution in [3.05, 3.63) is 23.8 Å². The van der Waals surface area contributed by atoms with Crippen molar-refractivity contribution < 1.29 is 19.0 Å². The molecule has 7 nitrogen and oxygen atoms in total. The van der Waals surface area contributed by atoms with Crippen LogP contribution in [0.15, 0.2) is 18.2 Å². The quantitative estimate of drug-likeness (QED) is 0.619. The molecule has 3 heterocycles. The number of carbonyl (C=O) groups excluding carboxylic acids is 1. The molecule has 0 bridgehead atoms. The van der Waals surface area contributed by atoms with Gasteiger partial charge in [0.2, 0.25) is 5.91 Å². The van der Waals surface area contributed by atoms with Crippen molar-refractivity contribution in [1.29, 1.82) is 0 Å². The molecule has 0 N–H and O–H groups in total. The van der Waals surface area contributed by atoms with E-state index in [2.05, 4.69) is 30.0 Å². The van der Waals surface area contributed by atoms with E-state index in [1.165, 1.54) is 0 Å². The molecular weight excluding hydrogens is 370 g/mol. The predicted molar refractivity (Wildman–Crippen MR) is 110 cm³/mol. The number of rotatable bonds is 8. The van der Waals surface area contributed by atoms with Crippen LogP contribution in [0.4, 0.5) is 0 Å². The summed E-state index contributed by atoms with van der Waals surface area (Å²) < 4.78 is 18.0. The Balaban J connectivity index is 1.50. The van der Waals surface area contributed by atoms with Gasteiger partial charge >= 0.3 is 0 Å². The van der Waals surface area contributed by atoms with Gasteiger partial charge in [-0.05, 0) is 33.0 Å². The third-order valence-electron chi connectivity index (χ3n) is 6.37. The molecule has 0 unspecified atom stereocenters. The first-order chi connectivity index (χ1) is 14.0. The topological polar surface area (TPSA) is 54.5 Å². The summed E-state index contributed by atoms with van der Waals surface area (Å²) in [5.41, 5.74) is 0.689. The van der Waals surface area contributed by atoms with Gasteiger partial charge < -0.3 is 24.0 Å². The van der Waals surface area contributed by atoms with Crippen LogP contribution in [0, 0.1) is 0 Å². The van der Waals surface area contributed by atoms with Gasteiger partial charge in [-0.15, -0.1) is 0 Å². The van der Waals surface area contributed by atoms with Crippen molar-refractivity contribution >= 4 is 5.91 Å². The van der Waals surface area contributed by atoms with Crippen LogP contribution in [0.2, 0.25) is 0 Å². The summed E-state index contributed by atoms with van der Waals surface area (Å²) in [6.07, 6.45) is 3.31. The Morgan fingerprint density at radius 1 is 1.31 bits per heavy atom. The molecule has 2 atom stereocenters. The van der Waals surface area contributed by atoms with Gasteiger partial charge in [-0.25, -0.2) is 0 Å². The number of hydrogen-bond acceptors (Lipinski definition) is 6. The van der Waals surface area contributed by atoms with E-state index in [4.69, 9.17) is 14.2 Å². The maximum absolute atomic E-state index is 12.6. The number of methoxy groups -OCH3 is 1. The summed E-state index contributed by atoms with van der Waals surface area (Å²) in [7, 11) is 5.81. The molecule has 3 saturated heterocycles. The van der Waals surface area contributed by atoms with Crippen molar-refractivity contribution in [2.45, 2.75) is 44.0 Å². The van der Waals surface area contributed by atoms with Crippen molar-refractivity contribution in [3.63, 3.8) is 0 Å². The lowest BCUT2D eigenvalue weighted by Gasteiger charge is -2.42. The predicted octanol–water partition coefficient (Wildman–Crippen LogP) is 1.95. The van der Waals surface area contributed by atoms with Gasteiger partial charge in [0.1, 0.15) is 0 Å². The van der Waals surface area contributed by atoms with Gasteiger partial charge in [0.05, 0.1) is 26.4 Å². The molecule has 3 fully saturated rings. The summed E-state index contributed by atoms with van der Waals surface area (Å²) in [5, 5.41) is 0. The molecule has 0 saturated carbocycles. The number of hydrogen-bond donors (Lipinski definition) is 0. The Kier molecular flexibility index (Phi) is 5.99. The molecule has 4 rings (SSSR count). The van der Waals surface area contributed by atoms with Crippen LogP contribution in [0.3, 0.4) is 0 Å². The van der Waals surface area contributed by atoms with E-state index in [1.807, 2.05) is 17.0 Å². The first-order valence-corrected chi connectivity index (χ1v) is 10.7. The van der Waals surface area contributed by atoms with Crippen LogP contribution < -0.4 is 9.47 Å². The van der Waals surface area contributed by atoms with Crippen LogP contribution in [-0.4, -0.2) is 86.4 Å². The van der Waals surface area contributed by atoms with E-state index in [-0.39, 0.29) is 11.9 Å². The van der Waals surface area contributed by atoms with Crippen molar-refractivity contribution in [2.24, 2.45) is 0 Å². The van der Waals surface area contributed by atoms with Crippen LogP contribution in [0.5, 0.6) is 11.5 Å². The highest BCUT2D eigenvalue weighted by Gasteiger charge is 2.60. The Morgan fingerprint density at radius 3 is 2.97 bits per heavy atom. The molecule has 0 radical (unpaired) electrons. The fourth-order valence-electron chi connectivity index (χ4n) is 5.01. The number of likely N-dealkylation sites (tertiary alicyclic amines) is 1. The van der Waals surface area contributed by atoms with Crippen molar-refractivity contribution in [3.8, 4) is 11.5 Å². The molecule has 1 aromatic rings. The van der Waals surface area contributed by atoms with Gasteiger partial charge in [-0.2, -0.15) is 0 Å². The van der Waals surface area contributed by atoms with Gasteiger partial charge in [0, 0.05) is 44.6 Å². The smallest absolute Gasteiger partial charge is 0.226 e. The first kappa shape index (κ1) is 20.4. The summed E-state index contributed by atoms with van der Waals surface area (Å²) in [6, 6.07) is 6.17. The summed E-state index contributed by atoms with van der Waals surface area (Å²) >= 11 is 0. The lowest BCUT2D eigenvalue weighted by Crippen LogP contribution is -2.56. The van der Waals surface area contributed by atoms with Gasteiger partial charge in [0.15, 0.2) is 17.2 Å². The standard InChI is InChI=1S/C22H33N3O4/c1-23(2)10-5-13-28-21-17(7-4-8-18(21)27-3)16-24-12-9-22-19(24)15-20(26)25(22)11-6-14-29-22/h4,7-8,19H,5-6,9-16H2,1-3H3/t19-,22+/m1/s1. The minimum atomic E-state index is -0.416. The Morgan fingerprint density at radius 2 is 2.17 bits per heavy atom. The Hall–Kier alpha value is -1.83. The highest BCUT2D eigenvalue weighted by Crippen LogP contribution is 2.46.